The van der Waals surface area contributed by atoms with Crippen molar-refractivity contribution in [3.63, 3.8) is 0 Å². The van der Waals surface area contributed by atoms with Crippen LogP contribution >= 0.6 is 11.3 Å². The number of thiazole rings is 1. The minimum atomic E-state index is 0.452. The zero-order valence-electron chi connectivity index (χ0n) is 11.6. The Kier molecular flexibility index (Phi) is 2.87. The van der Waals surface area contributed by atoms with Crippen LogP contribution in [0.15, 0.2) is 24.4 Å². The van der Waals surface area contributed by atoms with Gasteiger partial charge in [-0.1, -0.05) is 0 Å². The average Bonchev–Trinajstić information content (AvgIpc) is 3.02. The van der Waals surface area contributed by atoms with Gasteiger partial charge in [0.25, 0.3) is 0 Å². The molecule has 1 aliphatic rings. The number of rotatable bonds is 2. The van der Waals surface area contributed by atoms with Gasteiger partial charge >= 0.3 is 0 Å². The Morgan fingerprint density at radius 3 is 2.90 bits per heavy atom. The van der Waals surface area contributed by atoms with E-state index in [1.807, 2.05) is 18.3 Å². The molecule has 1 aliphatic heterocycles. The standard InChI is InChI=1S/C15H15N3O2S/c1-9-14(18-8-11(7-16)17-15(18)21-9)10-2-3-12-13(6-10)20-5-4-19-12/h2-3,6,8H,4-5,7,16H2,1H3. The van der Waals surface area contributed by atoms with Gasteiger partial charge in [-0.3, -0.25) is 4.40 Å². The lowest BCUT2D eigenvalue weighted by atomic mass is 10.1. The predicted octanol–water partition coefficient (Wildman–Crippen LogP) is 2.60. The molecule has 2 aromatic heterocycles. The van der Waals surface area contributed by atoms with Crippen molar-refractivity contribution < 1.29 is 9.47 Å². The second-order valence-electron chi connectivity index (χ2n) is 4.95. The molecule has 0 atom stereocenters. The molecular weight excluding hydrogens is 286 g/mol. The lowest BCUT2D eigenvalue weighted by molar-refractivity contribution is 0.171. The lowest BCUT2D eigenvalue weighted by Gasteiger charge is -2.18. The van der Waals surface area contributed by atoms with Gasteiger partial charge in [-0.2, -0.15) is 0 Å². The number of fused-ring (bicyclic) bond motifs is 2. The van der Waals surface area contributed by atoms with E-state index in [0.717, 1.165) is 33.4 Å². The summed E-state index contributed by atoms with van der Waals surface area (Å²) in [7, 11) is 0. The van der Waals surface area contributed by atoms with Gasteiger partial charge in [-0.15, -0.1) is 11.3 Å². The fraction of sp³-hybridized carbons (Fsp3) is 0.267. The van der Waals surface area contributed by atoms with Crippen LogP contribution in [0.4, 0.5) is 0 Å². The smallest absolute Gasteiger partial charge is 0.194 e. The van der Waals surface area contributed by atoms with E-state index in [2.05, 4.69) is 22.4 Å². The fourth-order valence-corrected chi connectivity index (χ4v) is 3.62. The molecule has 108 valence electrons. The molecule has 0 fully saturated rings. The van der Waals surface area contributed by atoms with Crippen LogP contribution < -0.4 is 15.2 Å². The van der Waals surface area contributed by atoms with E-state index in [1.165, 1.54) is 4.88 Å². The Labute approximate surface area is 125 Å². The van der Waals surface area contributed by atoms with Crippen LogP contribution in [0.5, 0.6) is 11.5 Å². The average molecular weight is 301 g/mol. The maximum Gasteiger partial charge on any atom is 0.194 e. The summed E-state index contributed by atoms with van der Waals surface area (Å²) in [4.78, 5) is 6.72. The first-order valence-electron chi connectivity index (χ1n) is 6.83. The number of aryl methyl sites for hydroxylation is 1. The van der Waals surface area contributed by atoms with E-state index in [-0.39, 0.29) is 0 Å². The highest BCUT2D eigenvalue weighted by atomic mass is 32.1. The number of hydrogen-bond acceptors (Lipinski definition) is 5. The van der Waals surface area contributed by atoms with Crippen molar-refractivity contribution in [2.24, 2.45) is 5.73 Å². The fourth-order valence-electron chi connectivity index (χ4n) is 2.63. The largest absolute Gasteiger partial charge is 0.486 e. The van der Waals surface area contributed by atoms with Crippen LogP contribution in [0.25, 0.3) is 16.2 Å². The van der Waals surface area contributed by atoms with E-state index >= 15 is 0 Å². The van der Waals surface area contributed by atoms with Crippen molar-refractivity contribution in [1.29, 1.82) is 0 Å². The number of nitrogens with zero attached hydrogens (tertiary/aromatic N) is 2. The van der Waals surface area contributed by atoms with Gasteiger partial charge in [0.15, 0.2) is 16.5 Å². The molecule has 5 nitrogen and oxygen atoms in total. The minimum absolute atomic E-state index is 0.452. The highest BCUT2D eigenvalue weighted by Gasteiger charge is 2.17. The number of aromatic nitrogens is 2. The van der Waals surface area contributed by atoms with Gasteiger partial charge < -0.3 is 15.2 Å². The van der Waals surface area contributed by atoms with Gasteiger partial charge in [0.2, 0.25) is 0 Å². The minimum Gasteiger partial charge on any atom is -0.486 e. The quantitative estimate of drug-likeness (QED) is 0.790. The van der Waals surface area contributed by atoms with Crippen LogP contribution in [-0.2, 0) is 6.54 Å². The Morgan fingerprint density at radius 1 is 1.29 bits per heavy atom. The van der Waals surface area contributed by atoms with E-state index in [0.29, 0.717) is 19.8 Å². The summed E-state index contributed by atoms with van der Waals surface area (Å²) in [6.45, 7) is 3.76. The van der Waals surface area contributed by atoms with Gasteiger partial charge in [0.1, 0.15) is 13.2 Å². The summed E-state index contributed by atoms with van der Waals surface area (Å²) in [5, 5.41) is 0. The first-order valence-corrected chi connectivity index (χ1v) is 7.65. The Morgan fingerprint density at radius 2 is 2.10 bits per heavy atom. The zero-order valence-corrected chi connectivity index (χ0v) is 12.4. The molecule has 6 heteroatoms. The molecule has 0 saturated heterocycles. The molecule has 0 spiro atoms. The molecule has 2 N–H and O–H groups in total. The van der Waals surface area contributed by atoms with Crippen molar-refractivity contribution in [2.75, 3.05) is 13.2 Å². The van der Waals surface area contributed by atoms with Gasteiger partial charge in [-0.25, -0.2) is 4.98 Å². The summed E-state index contributed by atoms with van der Waals surface area (Å²) in [6, 6.07) is 6.06. The highest BCUT2D eigenvalue weighted by Crippen LogP contribution is 2.37. The molecule has 4 rings (SSSR count). The molecule has 0 radical (unpaired) electrons. The molecule has 3 heterocycles. The molecule has 0 bridgehead atoms. The number of imidazole rings is 1. The van der Waals surface area contributed by atoms with Gasteiger partial charge in [-0.05, 0) is 25.1 Å². The molecule has 21 heavy (non-hydrogen) atoms. The summed E-state index contributed by atoms with van der Waals surface area (Å²) in [5.41, 5.74) is 8.82. The van der Waals surface area contributed by atoms with Crippen LogP contribution in [0, 0.1) is 6.92 Å². The predicted molar refractivity (Wildman–Crippen MR) is 82.1 cm³/mol. The number of hydrogen-bond donors (Lipinski definition) is 1. The Hall–Kier alpha value is -2.05. The third-order valence-electron chi connectivity index (χ3n) is 3.57. The lowest BCUT2D eigenvalue weighted by Crippen LogP contribution is -2.15. The van der Waals surface area contributed by atoms with Crippen LogP contribution in [0.1, 0.15) is 10.6 Å². The number of nitrogens with two attached hydrogens (primary N) is 1. The first kappa shape index (κ1) is 12.7. The molecule has 0 aliphatic carbocycles. The Balaban J connectivity index is 1.89. The number of ether oxygens (including phenoxy) is 2. The van der Waals surface area contributed by atoms with E-state index < -0.39 is 0 Å². The summed E-state index contributed by atoms with van der Waals surface area (Å²) in [6.07, 6.45) is 2.00. The normalized spacial score (nSPS) is 13.8. The van der Waals surface area contributed by atoms with Crippen molar-refractivity contribution in [3.8, 4) is 22.8 Å². The van der Waals surface area contributed by atoms with Crippen LogP contribution in [0.3, 0.4) is 0 Å². The molecule has 0 saturated carbocycles. The van der Waals surface area contributed by atoms with Gasteiger partial charge in [0.05, 0.1) is 11.4 Å². The van der Waals surface area contributed by atoms with E-state index in [4.69, 9.17) is 15.2 Å². The zero-order chi connectivity index (χ0) is 14.4. The molecule has 0 unspecified atom stereocenters. The second kappa shape index (κ2) is 4.75. The Bertz CT molecular complexity index is 822. The summed E-state index contributed by atoms with van der Waals surface area (Å²) < 4.78 is 13.4. The molecular formula is C15H15N3O2S. The van der Waals surface area contributed by atoms with Crippen molar-refractivity contribution in [2.45, 2.75) is 13.5 Å². The van der Waals surface area contributed by atoms with Gasteiger partial charge in [0, 0.05) is 23.2 Å². The summed E-state index contributed by atoms with van der Waals surface area (Å²) in [5.74, 6) is 1.61. The van der Waals surface area contributed by atoms with Crippen molar-refractivity contribution >= 4 is 16.3 Å². The number of benzene rings is 1. The molecule has 0 amide bonds. The third kappa shape index (κ3) is 1.99. The van der Waals surface area contributed by atoms with Crippen molar-refractivity contribution in [1.82, 2.24) is 9.38 Å². The maximum absolute atomic E-state index is 5.68. The van der Waals surface area contributed by atoms with Crippen LogP contribution in [-0.4, -0.2) is 22.6 Å². The van der Waals surface area contributed by atoms with E-state index in [1.54, 1.807) is 11.3 Å². The highest BCUT2D eigenvalue weighted by molar-refractivity contribution is 7.17. The monoisotopic (exact) mass is 301 g/mol. The molecule has 3 aromatic rings. The topological polar surface area (TPSA) is 61.8 Å². The van der Waals surface area contributed by atoms with Crippen LogP contribution in [0.2, 0.25) is 0 Å². The molecule has 1 aromatic carbocycles. The first-order chi connectivity index (χ1) is 10.3. The third-order valence-corrected chi connectivity index (χ3v) is 4.54. The van der Waals surface area contributed by atoms with Crippen molar-refractivity contribution in [3.05, 3.63) is 35.0 Å². The van der Waals surface area contributed by atoms with E-state index in [9.17, 15) is 0 Å². The SMILES string of the molecule is Cc1sc2nc(CN)cn2c1-c1ccc2c(c1)OCCO2. The maximum atomic E-state index is 5.68. The second-order valence-corrected chi connectivity index (χ2v) is 6.14. The summed E-state index contributed by atoms with van der Waals surface area (Å²) >= 11 is 1.67.